The van der Waals surface area contributed by atoms with E-state index in [1.165, 1.54) is 24.3 Å². The third-order valence-corrected chi connectivity index (χ3v) is 5.44. The molecular formula is C12H6CdCl4O6S2. The molecule has 0 saturated heterocycles. The summed E-state index contributed by atoms with van der Waals surface area (Å²) in [6.45, 7) is 0. The zero-order chi connectivity index (χ0) is 18.7. The first-order chi connectivity index (χ1) is 10.8. The Bertz CT molecular complexity index is 884. The predicted octanol–water partition coefficient (Wildman–Crippen LogP) is 3.79. The van der Waals surface area contributed by atoms with Gasteiger partial charge < -0.3 is 9.11 Å². The van der Waals surface area contributed by atoms with E-state index < -0.39 is 30.0 Å². The van der Waals surface area contributed by atoms with Gasteiger partial charge in [-0.15, -0.1) is 0 Å². The third-order valence-electron chi connectivity index (χ3n) is 2.33. The molecule has 6 nitrogen and oxygen atoms in total. The summed E-state index contributed by atoms with van der Waals surface area (Å²) in [5, 5.41) is 0.259. The molecule has 2 aromatic rings. The van der Waals surface area contributed by atoms with E-state index in [0.717, 1.165) is 12.1 Å². The quantitative estimate of drug-likeness (QED) is 0.405. The number of benzene rings is 2. The second-order valence-corrected chi connectivity index (χ2v) is 8.44. The summed E-state index contributed by atoms with van der Waals surface area (Å²) in [6, 6.07) is 7.14. The van der Waals surface area contributed by atoms with Crippen molar-refractivity contribution in [2.45, 2.75) is 9.79 Å². The van der Waals surface area contributed by atoms with Crippen LogP contribution in [-0.2, 0) is 47.5 Å². The molecule has 0 atom stereocenters. The molecule has 0 aliphatic rings. The molecule has 0 bridgehead atoms. The normalized spacial score (nSPS) is 11.1. The van der Waals surface area contributed by atoms with Crippen molar-refractivity contribution < 1.29 is 53.2 Å². The van der Waals surface area contributed by atoms with Crippen molar-refractivity contribution >= 4 is 66.6 Å². The molecule has 0 N–H and O–H groups in total. The van der Waals surface area contributed by atoms with E-state index in [9.17, 15) is 25.9 Å². The van der Waals surface area contributed by atoms with Crippen LogP contribution in [0.15, 0.2) is 46.2 Å². The van der Waals surface area contributed by atoms with Crippen molar-refractivity contribution in [2.24, 2.45) is 0 Å². The molecule has 0 radical (unpaired) electrons. The van der Waals surface area contributed by atoms with Gasteiger partial charge in [0.2, 0.25) is 0 Å². The third kappa shape index (κ3) is 8.27. The Morgan fingerprint density at radius 1 is 0.640 bits per heavy atom. The molecule has 2 rings (SSSR count). The van der Waals surface area contributed by atoms with Crippen LogP contribution in [-0.4, -0.2) is 25.9 Å². The van der Waals surface area contributed by atoms with Gasteiger partial charge in [-0.25, -0.2) is 16.8 Å². The minimum atomic E-state index is -4.49. The second-order valence-electron chi connectivity index (χ2n) is 4.06. The van der Waals surface area contributed by atoms with Crippen LogP contribution < -0.4 is 0 Å². The van der Waals surface area contributed by atoms with Crippen LogP contribution in [0.2, 0.25) is 20.1 Å². The predicted molar refractivity (Wildman–Crippen MR) is 88.9 cm³/mol. The van der Waals surface area contributed by atoms with E-state index in [2.05, 4.69) is 0 Å². The number of halogens is 4. The average molecular weight is 565 g/mol. The Morgan fingerprint density at radius 2 is 0.920 bits per heavy atom. The van der Waals surface area contributed by atoms with Crippen molar-refractivity contribution in [2.75, 3.05) is 0 Å². The molecule has 0 aromatic heterocycles. The molecule has 13 heteroatoms. The van der Waals surface area contributed by atoms with Crippen LogP contribution in [0.5, 0.6) is 0 Å². The first-order valence-electron chi connectivity index (χ1n) is 5.64. The molecule has 0 aliphatic heterocycles. The zero-order valence-corrected chi connectivity index (χ0v) is 20.6. The van der Waals surface area contributed by atoms with Gasteiger partial charge in [0.05, 0.1) is 19.8 Å². The van der Waals surface area contributed by atoms with Gasteiger partial charge >= 0.3 is 27.3 Å². The molecule has 0 amide bonds. The van der Waals surface area contributed by atoms with Crippen molar-refractivity contribution in [1.29, 1.82) is 0 Å². The van der Waals surface area contributed by atoms with Gasteiger partial charge in [0.15, 0.2) is 0 Å². The summed E-state index contributed by atoms with van der Waals surface area (Å²) in [4.78, 5) is -0.901. The summed E-state index contributed by atoms with van der Waals surface area (Å²) < 4.78 is 62.9. The van der Waals surface area contributed by atoms with Gasteiger partial charge in [0.25, 0.3) is 0 Å². The first-order valence-corrected chi connectivity index (χ1v) is 9.97. The van der Waals surface area contributed by atoms with Crippen LogP contribution >= 0.6 is 46.4 Å². The summed E-state index contributed by atoms with van der Waals surface area (Å²) in [7, 11) is -8.98. The van der Waals surface area contributed by atoms with Gasteiger partial charge in [0, 0.05) is 10.0 Å². The van der Waals surface area contributed by atoms with E-state index >= 15 is 0 Å². The van der Waals surface area contributed by atoms with Gasteiger partial charge in [-0.1, -0.05) is 46.4 Å². The molecule has 0 aliphatic carbocycles. The van der Waals surface area contributed by atoms with E-state index in [1.807, 2.05) is 0 Å². The maximum atomic E-state index is 10.5. The zero-order valence-electron chi connectivity index (χ0n) is 11.9. The average Bonchev–Trinajstić information content (AvgIpc) is 2.35. The van der Waals surface area contributed by atoms with Crippen molar-refractivity contribution in [3.05, 3.63) is 56.5 Å². The monoisotopic (exact) mass is 564 g/mol. The Kier molecular flexibility index (Phi) is 10.2. The fourth-order valence-electron chi connectivity index (χ4n) is 1.36. The van der Waals surface area contributed by atoms with Crippen LogP contribution in [0.3, 0.4) is 0 Å². The fourth-order valence-corrected chi connectivity index (χ4v) is 3.80. The number of hydrogen-bond acceptors (Lipinski definition) is 6. The smallest absolute Gasteiger partial charge is 0.744 e. The first kappa shape index (κ1) is 25.3. The summed E-state index contributed by atoms with van der Waals surface area (Å²) >= 11 is 21.9. The van der Waals surface area contributed by atoms with E-state index in [-0.39, 0.29) is 47.4 Å². The molecule has 0 fully saturated rings. The Morgan fingerprint density at radius 3 is 1.12 bits per heavy atom. The summed E-state index contributed by atoms with van der Waals surface area (Å²) in [5.41, 5.74) is 0. The van der Waals surface area contributed by atoms with E-state index in [0.29, 0.717) is 0 Å². The SMILES string of the molecule is O=S(=O)([O-])c1ccc(Cl)cc1Cl.O=S(=O)([O-])c1ccc(Cl)cc1Cl.[Cd+2]. The maximum absolute atomic E-state index is 10.5. The Balaban J connectivity index is 0.000000443. The van der Waals surface area contributed by atoms with Crippen LogP contribution in [0.25, 0.3) is 0 Å². The van der Waals surface area contributed by atoms with Crippen molar-refractivity contribution in [3.8, 4) is 0 Å². The summed E-state index contributed by atoms with van der Waals surface area (Å²) in [6.07, 6.45) is 0. The van der Waals surface area contributed by atoms with E-state index in [4.69, 9.17) is 46.4 Å². The largest absolute Gasteiger partial charge is 2.00 e. The van der Waals surface area contributed by atoms with Gasteiger partial charge in [-0.05, 0) is 36.4 Å². The standard InChI is InChI=1S/2C6H4Cl2O3S.Cd/c2*7-4-1-2-6(5(8)3-4)12(9,10)11;/h2*1-3H,(H,9,10,11);/q;;+2/p-2. The van der Waals surface area contributed by atoms with E-state index in [1.54, 1.807) is 0 Å². The topological polar surface area (TPSA) is 114 Å². The van der Waals surface area contributed by atoms with Crippen LogP contribution in [0.1, 0.15) is 0 Å². The second kappa shape index (κ2) is 10.0. The Labute approximate surface area is 184 Å². The van der Waals surface area contributed by atoms with Gasteiger partial charge in [-0.3, -0.25) is 0 Å². The molecular weight excluding hydrogens is 558 g/mol. The van der Waals surface area contributed by atoms with Crippen molar-refractivity contribution in [1.82, 2.24) is 0 Å². The molecule has 0 unspecified atom stereocenters. The van der Waals surface area contributed by atoms with Crippen molar-refractivity contribution in [3.63, 3.8) is 0 Å². The fraction of sp³-hybridized carbons (Fsp3) is 0. The summed E-state index contributed by atoms with van der Waals surface area (Å²) in [5.74, 6) is 0. The molecule has 132 valence electrons. The molecule has 0 spiro atoms. The molecule has 0 saturated carbocycles. The minimum absolute atomic E-state index is 0. The molecule has 0 heterocycles. The Hall–Kier alpha value is 0.342. The van der Waals surface area contributed by atoms with Crippen LogP contribution in [0, 0.1) is 0 Å². The number of rotatable bonds is 2. The minimum Gasteiger partial charge on any atom is -0.744 e. The van der Waals surface area contributed by atoms with Crippen LogP contribution in [0.4, 0.5) is 0 Å². The van der Waals surface area contributed by atoms with Gasteiger partial charge in [0.1, 0.15) is 20.2 Å². The molecule has 25 heavy (non-hydrogen) atoms. The number of hydrogen-bond donors (Lipinski definition) is 0. The molecule has 2 aromatic carbocycles. The van der Waals surface area contributed by atoms with Gasteiger partial charge in [-0.2, -0.15) is 0 Å². The maximum Gasteiger partial charge on any atom is 2.00 e.